The normalized spacial score (nSPS) is 16.4. The lowest BCUT2D eigenvalue weighted by molar-refractivity contribution is -0.151. The van der Waals surface area contributed by atoms with Crippen molar-refractivity contribution in [3.63, 3.8) is 0 Å². The number of benzene rings is 1. The van der Waals surface area contributed by atoms with Crippen LogP contribution in [0.5, 0.6) is 0 Å². The Kier molecular flexibility index (Phi) is 6.29. The maximum Gasteiger partial charge on any atom is 0.309 e. The average Bonchev–Trinajstić information content (AvgIpc) is 2.97. The molecular weight excluding hydrogens is 384 g/mol. The van der Waals surface area contributed by atoms with Crippen LogP contribution in [-0.4, -0.2) is 36.8 Å². The lowest BCUT2D eigenvalue weighted by Gasteiger charge is -2.30. The summed E-state index contributed by atoms with van der Waals surface area (Å²) in [6, 6.07) is 9.15. The van der Waals surface area contributed by atoms with E-state index in [1.807, 2.05) is 44.2 Å². The van der Waals surface area contributed by atoms with Gasteiger partial charge in [-0.25, -0.2) is 17.7 Å². The molecule has 6 nitrogen and oxygen atoms in total. The predicted octanol–water partition coefficient (Wildman–Crippen LogP) is 3.05. The van der Waals surface area contributed by atoms with E-state index in [2.05, 4.69) is 4.98 Å². The number of sulfonamides is 1. The third kappa shape index (κ3) is 5.15. The fraction of sp³-hybridized carbons (Fsp3) is 0.474. The van der Waals surface area contributed by atoms with Crippen molar-refractivity contribution in [2.24, 2.45) is 5.92 Å². The molecule has 3 rings (SSSR count). The molecule has 0 unspecified atom stereocenters. The van der Waals surface area contributed by atoms with Gasteiger partial charge in [-0.2, -0.15) is 0 Å². The van der Waals surface area contributed by atoms with Gasteiger partial charge in [-0.05, 0) is 32.3 Å². The highest BCUT2D eigenvalue weighted by Crippen LogP contribution is 2.24. The Morgan fingerprint density at radius 2 is 1.89 bits per heavy atom. The summed E-state index contributed by atoms with van der Waals surface area (Å²) in [6.07, 6.45) is 0.987. The molecule has 146 valence electrons. The number of hydrogen-bond acceptors (Lipinski definition) is 6. The number of esters is 1. The summed E-state index contributed by atoms with van der Waals surface area (Å²) in [5, 5.41) is 0.954. The van der Waals surface area contributed by atoms with E-state index in [9.17, 15) is 13.2 Å². The molecule has 2 aromatic rings. The largest absolute Gasteiger partial charge is 0.460 e. The summed E-state index contributed by atoms with van der Waals surface area (Å²) in [5.74, 6) is -0.504. The molecule has 0 N–H and O–H groups in total. The number of hydrogen-bond donors (Lipinski definition) is 0. The zero-order valence-electron chi connectivity index (χ0n) is 15.6. The Balaban J connectivity index is 1.50. The molecule has 1 aliphatic rings. The average molecular weight is 409 g/mol. The standard InChI is InChI=1S/C19H24N2O4S2/c1-14-18(26-15(2)20-14)12-25-19(22)17-8-10-21(11-9-17)27(23,24)13-16-6-4-3-5-7-16/h3-7,17H,8-13H2,1-2H3. The smallest absolute Gasteiger partial charge is 0.309 e. The van der Waals surface area contributed by atoms with Crippen LogP contribution in [0.25, 0.3) is 0 Å². The van der Waals surface area contributed by atoms with Crippen LogP contribution in [0.4, 0.5) is 0 Å². The van der Waals surface area contributed by atoms with E-state index in [1.54, 1.807) is 0 Å². The van der Waals surface area contributed by atoms with Crippen LogP contribution in [0.3, 0.4) is 0 Å². The first-order valence-corrected chi connectivity index (χ1v) is 11.4. The molecule has 1 aromatic carbocycles. The summed E-state index contributed by atoms with van der Waals surface area (Å²) in [6.45, 7) is 4.78. The molecule has 1 aromatic heterocycles. The van der Waals surface area contributed by atoms with E-state index in [-0.39, 0.29) is 24.2 Å². The van der Waals surface area contributed by atoms with Crippen LogP contribution in [0, 0.1) is 19.8 Å². The van der Waals surface area contributed by atoms with Crippen molar-refractivity contribution in [2.45, 2.75) is 39.0 Å². The first-order chi connectivity index (χ1) is 12.8. The van der Waals surface area contributed by atoms with Crippen molar-refractivity contribution in [3.8, 4) is 0 Å². The van der Waals surface area contributed by atoms with Gasteiger partial charge < -0.3 is 4.74 Å². The molecule has 2 heterocycles. The molecule has 0 saturated carbocycles. The fourth-order valence-electron chi connectivity index (χ4n) is 3.21. The van der Waals surface area contributed by atoms with Crippen LogP contribution >= 0.6 is 11.3 Å². The maximum atomic E-state index is 12.6. The Labute approximate surface area is 164 Å². The topological polar surface area (TPSA) is 76.6 Å². The molecule has 0 radical (unpaired) electrons. The van der Waals surface area contributed by atoms with Gasteiger partial charge in [0.1, 0.15) is 6.61 Å². The molecule has 1 fully saturated rings. The molecular formula is C19H24N2O4S2. The molecule has 27 heavy (non-hydrogen) atoms. The van der Waals surface area contributed by atoms with Crippen LogP contribution in [0.1, 0.15) is 34.0 Å². The number of ether oxygens (including phenoxy) is 1. The summed E-state index contributed by atoms with van der Waals surface area (Å²) in [4.78, 5) is 17.6. The minimum atomic E-state index is -3.37. The van der Waals surface area contributed by atoms with E-state index >= 15 is 0 Å². The van der Waals surface area contributed by atoms with Crippen LogP contribution in [0.15, 0.2) is 30.3 Å². The Hall–Kier alpha value is -1.77. The van der Waals surface area contributed by atoms with Gasteiger partial charge in [0.15, 0.2) is 0 Å². The van der Waals surface area contributed by atoms with Gasteiger partial charge in [0.2, 0.25) is 10.0 Å². The quantitative estimate of drug-likeness (QED) is 0.687. The third-order valence-corrected chi connectivity index (χ3v) is 7.61. The van der Waals surface area contributed by atoms with Gasteiger partial charge in [0.05, 0.1) is 27.2 Å². The second kappa shape index (κ2) is 8.50. The van der Waals surface area contributed by atoms with E-state index in [0.717, 1.165) is 21.1 Å². The van der Waals surface area contributed by atoms with E-state index in [1.165, 1.54) is 15.6 Å². The lowest BCUT2D eigenvalue weighted by atomic mass is 9.98. The number of carbonyl (C=O) groups excluding carboxylic acids is 1. The van der Waals surface area contributed by atoms with Crippen molar-refractivity contribution in [1.29, 1.82) is 0 Å². The van der Waals surface area contributed by atoms with Crippen LogP contribution < -0.4 is 0 Å². The number of thiazole rings is 1. The van der Waals surface area contributed by atoms with Crippen LogP contribution in [0.2, 0.25) is 0 Å². The van der Waals surface area contributed by atoms with E-state index in [4.69, 9.17) is 4.74 Å². The zero-order valence-corrected chi connectivity index (χ0v) is 17.2. The van der Waals surface area contributed by atoms with Crippen molar-refractivity contribution in [1.82, 2.24) is 9.29 Å². The van der Waals surface area contributed by atoms with Gasteiger partial charge in [0.25, 0.3) is 0 Å². The highest BCUT2D eigenvalue weighted by atomic mass is 32.2. The van der Waals surface area contributed by atoms with Crippen molar-refractivity contribution in [3.05, 3.63) is 51.5 Å². The summed E-state index contributed by atoms with van der Waals surface area (Å²) < 4.78 is 32.1. The summed E-state index contributed by atoms with van der Waals surface area (Å²) in [5.41, 5.74) is 1.67. The Morgan fingerprint density at radius 1 is 1.22 bits per heavy atom. The van der Waals surface area contributed by atoms with Crippen molar-refractivity contribution in [2.75, 3.05) is 13.1 Å². The second-order valence-corrected chi connectivity index (χ2v) is 10.0. The highest BCUT2D eigenvalue weighted by molar-refractivity contribution is 7.88. The monoisotopic (exact) mass is 408 g/mol. The first-order valence-electron chi connectivity index (χ1n) is 8.96. The van der Waals surface area contributed by atoms with Crippen molar-refractivity contribution >= 4 is 27.3 Å². The highest BCUT2D eigenvalue weighted by Gasteiger charge is 2.32. The number of piperidine rings is 1. The Morgan fingerprint density at radius 3 is 2.48 bits per heavy atom. The summed E-state index contributed by atoms with van der Waals surface area (Å²) >= 11 is 1.53. The Bertz CT molecular complexity index is 886. The van der Waals surface area contributed by atoms with Crippen molar-refractivity contribution < 1.29 is 17.9 Å². The molecule has 1 aliphatic heterocycles. The number of aryl methyl sites for hydroxylation is 2. The zero-order chi connectivity index (χ0) is 19.4. The molecule has 8 heteroatoms. The second-order valence-electron chi connectivity index (χ2n) is 6.76. The minimum Gasteiger partial charge on any atom is -0.460 e. The minimum absolute atomic E-state index is 0.00699. The van der Waals surface area contributed by atoms with Gasteiger partial charge in [-0.15, -0.1) is 11.3 Å². The third-order valence-electron chi connectivity index (χ3n) is 4.72. The van der Waals surface area contributed by atoms with Gasteiger partial charge in [0, 0.05) is 13.1 Å². The molecule has 0 bridgehead atoms. The van der Waals surface area contributed by atoms with Gasteiger partial charge in [-0.3, -0.25) is 4.79 Å². The number of aromatic nitrogens is 1. The van der Waals surface area contributed by atoms with Crippen LogP contribution in [-0.2, 0) is 31.9 Å². The molecule has 1 saturated heterocycles. The molecule has 0 atom stereocenters. The van der Waals surface area contributed by atoms with E-state index < -0.39 is 10.0 Å². The number of carbonyl (C=O) groups is 1. The maximum absolute atomic E-state index is 12.6. The molecule has 0 spiro atoms. The predicted molar refractivity (Wildman–Crippen MR) is 105 cm³/mol. The molecule has 0 amide bonds. The number of nitrogens with zero attached hydrogens (tertiary/aromatic N) is 2. The molecule has 0 aliphatic carbocycles. The van der Waals surface area contributed by atoms with Gasteiger partial charge in [-0.1, -0.05) is 30.3 Å². The number of rotatable bonds is 6. The first kappa shape index (κ1) is 20.0. The van der Waals surface area contributed by atoms with E-state index in [0.29, 0.717) is 25.9 Å². The SMILES string of the molecule is Cc1nc(C)c(COC(=O)C2CCN(S(=O)(=O)Cc3ccccc3)CC2)s1. The summed E-state index contributed by atoms with van der Waals surface area (Å²) in [7, 11) is -3.37. The fourth-order valence-corrected chi connectivity index (χ4v) is 5.62. The van der Waals surface area contributed by atoms with Gasteiger partial charge >= 0.3 is 5.97 Å². The lowest BCUT2D eigenvalue weighted by Crippen LogP contribution is -2.41.